The Kier molecular flexibility index (Phi) is 3.98. The second-order valence-corrected chi connectivity index (χ2v) is 6.43. The molecule has 2 aliphatic heterocycles. The van der Waals surface area contributed by atoms with E-state index in [1.807, 2.05) is 17.0 Å². The molecule has 0 bridgehead atoms. The lowest BCUT2D eigenvalue weighted by Crippen LogP contribution is -2.46. The first-order valence-corrected chi connectivity index (χ1v) is 8.26. The van der Waals surface area contributed by atoms with Gasteiger partial charge in [0.2, 0.25) is 0 Å². The van der Waals surface area contributed by atoms with Gasteiger partial charge in [-0.15, -0.1) is 0 Å². The average Bonchev–Trinajstić information content (AvgIpc) is 3.27. The molecule has 1 amide bonds. The van der Waals surface area contributed by atoms with E-state index in [9.17, 15) is 4.79 Å². The Morgan fingerprint density at radius 2 is 2.21 bits per heavy atom. The molecule has 126 valence electrons. The lowest BCUT2D eigenvalue weighted by atomic mass is 9.88. The minimum atomic E-state index is -0.167. The molecule has 0 N–H and O–H groups in total. The first kappa shape index (κ1) is 15.2. The Labute approximate surface area is 140 Å². The van der Waals surface area contributed by atoms with Gasteiger partial charge < -0.3 is 18.8 Å². The van der Waals surface area contributed by atoms with Gasteiger partial charge in [-0.2, -0.15) is 0 Å². The van der Waals surface area contributed by atoms with Gasteiger partial charge in [0.1, 0.15) is 18.1 Å². The van der Waals surface area contributed by atoms with Crippen molar-refractivity contribution in [1.29, 1.82) is 0 Å². The number of amides is 1. The molecular formula is C18H20N2O4. The number of piperidine rings is 1. The van der Waals surface area contributed by atoms with E-state index in [1.165, 1.54) is 12.5 Å². The third-order valence-electron chi connectivity index (χ3n) is 4.84. The second kappa shape index (κ2) is 6.28. The topological polar surface area (TPSA) is 64.8 Å². The lowest BCUT2D eigenvalue weighted by molar-refractivity contribution is -0.0395. The number of furan rings is 1. The van der Waals surface area contributed by atoms with Crippen molar-refractivity contribution in [3.63, 3.8) is 0 Å². The Balaban J connectivity index is 1.33. The predicted octanol–water partition coefficient (Wildman–Crippen LogP) is 2.52. The van der Waals surface area contributed by atoms with Crippen molar-refractivity contribution >= 4 is 5.91 Å². The summed E-state index contributed by atoms with van der Waals surface area (Å²) in [4.78, 5) is 18.3. The zero-order valence-electron chi connectivity index (χ0n) is 13.4. The summed E-state index contributed by atoms with van der Waals surface area (Å²) in [6, 6.07) is 5.47. The summed E-state index contributed by atoms with van der Waals surface area (Å²) in [5, 5.41) is 0. The molecule has 0 radical (unpaired) electrons. The lowest BCUT2D eigenvalue weighted by Gasteiger charge is -2.38. The minimum Gasteiger partial charge on any atom is -0.486 e. The maximum Gasteiger partial charge on any atom is 0.257 e. The number of ether oxygens (including phenoxy) is 2. The molecule has 4 rings (SSSR count). The Morgan fingerprint density at radius 1 is 1.33 bits per heavy atom. The molecule has 2 aromatic rings. The van der Waals surface area contributed by atoms with Crippen LogP contribution in [0.4, 0.5) is 0 Å². The van der Waals surface area contributed by atoms with E-state index in [0.29, 0.717) is 25.3 Å². The van der Waals surface area contributed by atoms with E-state index in [2.05, 4.69) is 4.98 Å². The Hall–Kier alpha value is -2.34. The number of carbonyl (C=O) groups is 1. The quantitative estimate of drug-likeness (QED) is 0.866. The van der Waals surface area contributed by atoms with Gasteiger partial charge in [-0.1, -0.05) is 0 Å². The van der Waals surface area contributed by atoms with Crippen molar-refractivity contribution in [3.05, 3.63) is 48.7 Å². The van der Waals surface area contributed by atoms with Gasteiger partial charge in [-0.05, 0) is 31.0 Å². The van der Waals surface area contributed by atoms with Crippen LogP contribution in [-0.2, 0) is 4.74 Å². The van der Waals surface area contributed by atoms with Gasteiger partial charge in [-0.25, -0.2) is 0 Å². The molecule has 6 nitrogen and oxygen atoms in total. The average molecular weight is 328 g/mol. The Morgan fingerprint density at radius 3 is 2.92 bits per heavy atom. The molecule has 2 saturated heterocycles. The van der Waals surface area contributed by atoms with E-state index >= 15 is 0 Å². The minimum absolute atomic E-state index is 0.0276. The maximum absolute atomic E-state index is 12.4. The Bertz CT molecular complexity index is 678. The van der Waals surface area contributed by atoms with Crippen LogP contribution >= 0.6 is 0 Å². The number of pyridine rings is 1. The fourth-order valence-corrected chi connectivity index (χ4v) is 3.52. The number of rotatable bonds is 3. The smallest absolute Gasteiger partial charge is 0.257 e. The first-order chi connectivity index (χ1) is 11.7. The summed E-state index contributed by atoms with van der Waals surface area (Å²) in [5.74, 6) is 0.801. The van der Waals surface area contributed by atoms with Crippen LogP contribution < -0.4 is 4.74 Å². The predicted molar refractivity (Wildman–Crippen MR) is 85.8 cm³/mol. The summed E-state index contributed by atoms with van der Waals surface area (Å²) >= 11 is 0. The standard InChI is InChI=1S/C18H20N2O4/c21-17(14-3-9-22-12-14)20-7-4-18(5-8-20)10-16(13-23-18)24-15-2-1-6-19-11-15/h1-3,6,9,11-12,16H,4-5,7-8,10,13H2/t16-/m1/s1. The highest BCUT2D eigenvalue weighted by molar-refractivity contribution is 5.93. The van der Waals surface area contributed by atoms with Gasteiger partial charge >= 0.3 is 0 Å². The second-order valence-electron chi connectivity index (χ2n) is 6.43. The molecule has 4 heterocycles. The monoisotopic (exact) mass is 328 g/mol. The third-order valence-corrected chi connectivity index (χ3v) is 4.84. The van der Waals surface area contributed by atoms with Crippen molar-refractivity contribution in [2.45, 2.75) is 31.0 Å². The third kappa shape index (κ3) is 3.01. The van der Waals surface area contributed by atoms with Crippen LogP contribution in [0, 0.1) is 0 Å². The normalized spacial score (nSPS) is 22.7. The van der Waals surface area contributed by atoms with Crippen molar-refractivity contribution < 1.29 is 18.7 Å². The van der Waals surface area contributed by atoms with Crippen LogP contribution in [0.3, 0.4) is 0 Å². The van der Waals surface area contributed by atoms with Crippen molar-refractivity contribution in [1.82, 2.24) is 9.88 Å². The molecule has 6 heteroatoms. The van der Waals surface area contributed by atoms with Crippen molar-refractivity contribution in [3.8, 4) is 5.75 Å². The summed E-state index contributed by atoms with van der Waals surface area (Å²) in [7, 11) is 0. The van der Waals surface area contributed by atoms with Crippen LogP contribution in [0.2, 0.25) is 0 Å². The van der Waals surface area contributed by atoms with Crippen LogP contribution in [0.1, 0.15) is 29.6 Å². The zero-order valence-corrected chi connectivity index (χ0v) is 13.4. The van der Waals surface area contributed by atoms with Gasteiger partial charge in [0.05, 0.1) is 30.2 Å². The van der Waals surface area contributed by atoms with E-state index in [0.717, 1.165) is 25.0 Å². The van der Waals surface area contributed by atoms with Gasteiger partial charge in [0, 0.05) is 25.7 Å². The van der Waals surface area contributed by atoms with Crippen molar-refractivity contribution in [2.75, 3.05) is 19.7 Å². The van der Waals surface area contributed by atoms with E-state index < -0.39 is 0 Å². The molecule has 24 heavy (non-hydrogen) atoms. The molecule has 0 saturated carbocycles. The number of hydrogen-bond donors (Lipinski definition) is 0. The fourth-order valence-electron chi connectivity index (χ4n) is 3.52. The highest BCUT2D eigenvalue weighted by atomic mass is 16.6. The highest BCUT2D eigenvalue weighted by Crippen LogP contribution is 2.37. The molecule has 1 spiro atoms. The molecule has 0 aliphatic carbocycles. The number of nitrogens with zero attached hydrogens (tertiary/aromatic N) is 2. The molecule has 0 aromatic carbocycles. The van der Waals surface area contributed by atoms with E-state index in [1.54, 1.807) is 18.5 Å². The molecule has 2 aliphatic rings. The maximum atomic E-state index is 12.4. The van der Waals surface area contributed by atoms with Crippen LogP contribution in [-0.4, -0.2) is 47.2 Å². The highest BCUT2D eigenvalue weighted by Gasteiger charge is 2.44. The molecule has 1 atom stereocenters. The number of hydrogen-bond acceptors (Lipinski definition) is 5. The summed E-state index contributed by atoms with van der Waals surface area (Å²) < 4.78 is 17.0. The number of carbonyl (C=O) groups excluding carboxylic acids is 1. The number of likely N-dealkylation sites (tertiary alicyclic amines) is 1. The zero-order chi connectivity index (χ0) is 16.4. The van der Waals surface area contributed by atoms with Crippen LogP contribution in [0.25, 0.3) is 0 Å². The first-order valence-electron chi connectivity index (χ1n) is 8.26. The largest absolute Gasteiger partial charge is 0.486 e. The van der Waals surface area contributed by atoms with E-state index in [4.69, 9.17) is 13.9 Å². The van der Waals surface area contributed by atoms with Crippen LogP contribution in [0.15, 0.2) is 47.5 Å². The molecule has 2 aromatic heterocycles. The van der Waals surface area contributed by atoms with Gasteiger partial charge in [0.25, 0.3) is 5.91 Å². The van der Waals surface area contributed by atoms with Gasteiger partial charge in [-0.3, -0.25) is 9.78 Å². The van der Waals surface area contributed by atoms with Crippen LogP contribution in [0.5, 0.6) is 5.75 Å². The van der Waals surface area contributed by atoms with E-state index in [-0.39, 0.29) is 17.6 Å². The number of aromatic nitrogens is 1. The fraction of sp³-hybridized carbons (Fsp3) is 0.444. The van der Waals surface area contributed by atoms with Crippen molar-refractivity contribution in [2.24, 2.45) is 0 Å². The molecular weight excluding hydrogens is 308 g/mol. The SMILES string of the molecule is O=C(c1ccoc1)N1CCC2(CC1)C[C@@H](Oc1cccnc1)CO2. The summed E-state index contributed by atoms with van der Waals surface area (Å²) in [5.41, 5.74) is 0.441. The molecule has 0 unspecified atom stereocenters. The van der Waals surface area contributed by atoms with Gasteiger partial charge in [0.15, 0.2) is 0 Å². The summed E-state index contributed by atoms with van der Waals surface area (Å²) in [6.45, 7) is 1.98. The summed E-state index contributed by atoms with van der Waals surface area (Å²) in [6.07, 6.45) is 9.05. The molecule has 2 fully saturated rings.